The molecule has 1 unspecified atom stereocenters. The second-order valence-electron chi connectivity index (χ2n) is 4.49. The Morgan fingerprint density at radius 2 is 1.63 bits per heavy atom. The van der Waals surface area contributed by atoms with Crippen LogP contribution in [0.25, 0.3) is 0 Å². The molecule has 0 amide bonds. The molecule has 4 heteroatoms. The average Bonchev–Trinajstić information content (AvgIpc) is 2.36. The van der Waals surface area contributed by atoms with Crippen LogP contribution < -0.4 is 0 Å². The van der Waals surface area contributed by atoms with E-state index >= 15 is 0 Å². The van der Waals surface area contributed by atoms with Crippen molar-refractivity contribution in [3.05, 3.63) is 68.7 Å². The van der Waals surface area contributed by atoms with Crippen LogP contribution in [0.2, 0.25) is 0 Å². The van der Waals surface area contributed by atoms with E-state index in [1.54, 1.807) is 6.92 Å². The Balaban J connectivity index is 2.46. The van der Waals surface area contributed by atoms with Crippen LogP contribution in [0.4, 0.5) is 8.78 Å². The molecule has 0 bridgehead atoms. The van der Waals surface area contributed by atoms with Crippen molar-refractivity contribution in [3.8, 4) is 0 Å². The van der Waals surface area contributed by atoms with Gasteiger partial charge in [-0.15, -0.1) is 0 Å². The molecule has 0 aliphatic heterocycles. The largest absolute Gasteiger partial charge is 0.207 e. The first kappa shape index (κ1) is 14.7. The Kier molecular flexibility index (Phi) is 4.41. The van der Waals surface area contributed by atoms with Crippen molar-refractivity contribution in [1.29, 1.82) is 0 Å². The molecule has 1 atom stereocenters. The summed E-state index contributed by atoms with van der Waals surface area (Å²) in [5, 5.41) is 0. The minimum Gasteiger partial charge on any atom is -0.207 e. The highest BCUT2D eigenvalue weighted by molar-refractivity contribution is 9.10. The summed E-state index contributed by atoms with van der Waals surface area (Å²) in [6.45, 7) is 3.61. The molecule has 0 fully saturated rings. The van der Waals surface area contributed by atoms with Crippen LogP contribution in [0.1, 0.15) is 27.1 Å². The van der Waals surface area contributed by atoms with Crippen molar-refractivity contribution in [1.82, 2.24) is 0 Å². The van der Waals surface area contributed by atoms with E-state index in [2.05, 4.69) is 31.9 Å². The molecule has 19 heavy (non-hydrogen) atoms. The number of alkyl halides is 1. The highest BCUT2D eigenvalue weighted by atomic mass is 79.9. The molecule has 0 saturated heterocycles. The zero-order chi connectivity index (χ0) is 14.2. The summed E-state index contributed by atoms with van der Waals surface area (Å²) in [5.74, 6) is -1.06. The molecule has 0 aromatic heterocycles. The molecule has 0 saturated carbocycles. The fourth-order valence-corrected chi connectivity index (χ4v) is 2.85. The molecular weight excluding hydrogens is 378 g/mol. The van der Waals surface area contributed by atoms with Gasteiger partial charge in [0.1, 0.15) is 11.6 Å². The molecule has 0 nitrogen and oxygen atoms in total. The van der Waals surface area contributed by atoms with Crippen LogP contribution >= 0.6 is 31.9 Å². The monoisotopic (exact) mass is 388 g/mol. The molecule has 0 radical (unpaired) electrons. The van der Waals surface area contributed by atoms with Gasteiger partial charge in [-0.25, -0.2) is 8.78 Å². The maximum absolute atomic E-state index is 13.9. The number of halogens is 4. The Hall–Kier alpha value is -0.740. The normalized spacial score (nSPS) is 12.5. The first-order valence-corrected chi connectivity index (χ1v) is 7.46. The standard InChI is InChI=1S/C15H12Br2F2/c1-8-3-4-10(6-12(8)16)15(17)11-5-9(2)13(18)7-14(11)19/h3-7,15H,1-2H3. The lowest BCUT2D eigenvalue weighted by Gasteiger charge is -2.14. The van der Waals surface area contributed by atoms with E-state index in [1.807, 2.05) is 25.1 Å². The zero-order valence-electron chi connectivity index (χ0n) is 10.5. The summed E-state index contributed by atoms with van der Waals surface area (Å²) < 4.78 is 28.1. The van der Waals surface area contributed by atoms with Gasteiger partial charge < -0.3 is 0 Å². The quantitative estimate of drug-likeness (QED) is 0.567. The smallest absolute Gasteiger partial charge is 0.130 e. The molecule has 100 valence electrons. The lowest BCUT2D eigenvalue weighted by atomic mass is 10.0. The SMILES string of the molecule is Cc1cc(C(Br)c2ccc(C)c(Br)c2)c(F)cc1F. The number of aryl methyl sites for hydroxylation is 2. The third-order valence-electron chi connectivity index (χ3n) is 3.04. The van der Waals surface area contributed by atoms with Crippen molar-refractivity contribution in [2.24, 2.45) is 0 Å². The van der Waals surface area contributed by atoms with Crippen LogP contribution in [0.5, 0.6) is 0 Å². The molecule has 0 spiro atoms. The summed E-state index contributed by atoms with van der Waals surface area (Å²) in [6, 6.07) is 8.30. The zero-order valence-corrected chi connectivity index (χ0v) is 13.6. The molecule has 0 N–H and O–H groups in total. The van der Waals surface area contributed by atoms with E-state index in [-0.39, 0.29) is 4.83 Å². The second kappa shape index (κ2) is 5.71. The predicted molar refractivity (Wildman–Crippen MR) is 80.7 cm³/mol. The maximum atomic E-state index is 13.9. The van der Waals surface area contributed by atoms with Gasteiger partial charge in [0.25, 0.3) is 0 Å². The van der Waals surface area contributed by atoms with E-state index in [9.17, 15) is 8.78 Å². The van der Waals surface area contributed by atoms with Crippen LogP contribution in [-0.2, 0) is 0 Å². The lowest BCUT2D eigenvalue weighted by Crippen LogP contribution is -1.99. The summed E-state index contributed by atoms with van der Waals surface area (Å²) in [6.07, 6.45) is 0. The van der Waals surface area contributed by atoms with Gasteiger partial charge in [0.2, 0.25) is 0 Å². The minimum absolute atomic E-state index is 0.302. The van der Waals surface area contributed by atoms with Crippen molar-refractivity contribution >= 4 is 31.9 Å². The molecule has 2 rings (SSSR count). The Bertz CT molecular complexity index is 624. The van der Waals surface area contributed by atoms with E-state index in [4.69, 9.17) is 0 Å². The molecule has 2 aromatic rings. The van der Waals surface area contributed by atoms with E-state index in [0.29, 0.717) is 11.1 Å². The van der Waals surface area contributed by atoms with Crippen LogP contribution in [0, 0.1) is 25.5 Å². The summed E-state index contributed by atoms with van der Waals surface area (Å²) >= 11 is 6.94. The van der Waals surface area contributed by atoms with Gasteiger partial charge in [0.15, 0.2) is 0 Å². The first-order valence-electron chi connectivity index (χ1n) is 5.76. The highest BCUT2D eigenvalue weighted by Gasteiger charge is 2.17. The topological polar surface area (TPSA) is 0 Å². The Morgan fingerprint density at radius 3 is 2.26 bits per heavy atom. The van der Waals surface area contributed by atoms with E-state index in [0.717, 1.165) is 21.7 Å². The van der Waals surface area contributed by atoms with Gasteiger partial charge in [0.05, 0.1) is 4.83 Å². The fraction of sp³-hybridized carbons (Fsp3) is 0.200. The molecule has 0 aliphatic carbocycles. The van der Waals surface area contributed by atoms with Gasteiger partial charge in [-0.3, -0.25) is 0 Å². The Labute approximate surface area is 128 Å². The third kappa shape index (κ3) is 3.06. The number of benzene rings is 2. The van der Waals surface area contributed by atoms with Crippen molar-refractivity contribution in [2.45, 2.75) is 18.7 Å². The van der Waals surface area contributed by atoms with Crippen molar-refractivity contribution in [2.75, 3.05) is 0 Å². The second-order valence-corrected chi connectivity index (χ2v) is 6.26. The highest BCUT2D eigenvalue weighted by Crippen LogP contribution is 2.35. The number of rotatable bonds is 2. The number of hydrogen-bond acceptors (Lipinski definition) is 0. The van der Waals surface area contributed by atoms with Gasteiger partial charge in [-0.05, 0) is 42.7 Å². The van der Waals surface area contributed by atoms with Gasteiger partial charge in [-0.2, -0.15) is 0 Å². The number of hydrogen-bond donors (Lipinski definition) is 0. The van der Waals surface area contributed by atoms with Crippen LogP contribution in [0.3, 0.4) is 0 Å². The summed E-state index contributed by atoms with van der Waals surface area (Å²) in [7, 11) is 0. The molecular formula is C15H12Br2F2. The van der Waals surface area contributed by atoms with Crippen LogP contribution in [-0.4, -0.2) is 0 Å². The Morgan fingerprint density at radius 1 is 0.947 bits per heavy atom. The van der Waals surface area contributed by atoms with Gasteiger partial charge >= 0.3 is 0 Å². The van der Waals surface area contributed by atoms with Crippen molar-refractivity contribution < 1.29 is 8.78 Å². The summed E-state index contributed by atoms with van der Waals surface area (Å²) in [5.41, 5.74) is 2.91. The van der Waals surface area contributed by atoms with Crippen LogP contribution in [0.15, 0.2) is 34.8 Å². The predicted octanol–water partition coefficient (Wildman–Crippen LogP) is 5.83. The van der Waals surface area contributed by atoms with E-state index < -0.39 is 11.6 Å². The average molecular weight is 390 g/mol. The minimum atomic E-state index is -0.540. The van der Waals surface area contributed by atoms with E-state index in [1.165, 1.54) is 6.07 Å². The summed E-state index contributed by atoms with van der Waals surface area (Å²) in [4.78, 5) is -0.302. The van der Waals surface area contributed by atoms with Gasteiger partial charge in [0, 0.05) is 16.1 Å². The maximum Gasteiger partial charge on any atom is 0.130 e. The molecule has 0 heterocycles. The third-order valence-corrected chi connectivity index (χ3v) is 4.92. The first-order chi connectivity index (χ1) is 8.90. The van der Waals surface area contributed by atoms with Crippen molar-refractivity contribution in [3.63, 3.8) is 0 Å². The molecule has 0 aliphatic rings. The molecule has 2 aromatic carbocycles. The van der Waals surface area contributed by atoms with Gasteiger partial charge in [-0.1, -0.05) is 44.0 Å². The lowest BCUT2D eigenvalue weighted by molar-refractivity contribution is 0.569. The fourth-order valence-electron chi connectivity index (χ4n) is 1.82.